The summed E-state index contributed by atoms with van der Waals surface area (Å²) in [5, 5.41) is 14.5. The zero-order valence-electron chi connectivity index (χ0n) is 12.4. The Bertz CT molecular complexity index is 470. The predicted molar refractivity (Wildman–Crippen MR) is 79.6 cm³/mol. The maximum Gasteiger partial charge on any atom is 0.315 e. The third-order valence-corrected chi connectivity index (χ3v) is 4.26. The molecule has 1 atom stereocenters. The molecule has 0 radical (unpaired) electrons. The van der Waals surface area contributed by atoms with Crippen LogP contribution in [0, 0.1) is 5.82 Å². The summed E-state index contributed by atoms with van der Waals surface area (Å²) in [5.41, 5.74) is 0.977. The fourth-order valence-corrected chi connectivity index (χ4v) is 2.99. The van der Waals surface area contributed by atoms with Crippen molar-refractivity contribution in [3.05, 3.63) is 35.6 Å². The Hall–Kier alpha value is -1.62. The number of nitrogens with one attached hydrogen (secondary N) is 2. The quantitative estimate of drug-likeness (QED) is 0.780. The first-order valence-electron chi connectivity index (χ1n) is 7.47. The van der Waals surface area contributed by atoms with Crippen LogP contribution in [0.4, 0.5) is 9.18 Å². The van der Waals surface area contributed by atoms with Crippen molar-refractivity contribution in [2.75, 3.05) is 13.2 Å². The van der Waals surface area contributed by atoms with E-state index < -0.39 is 0 Å². The summed E-state index contributed by atoms with van der Waals surface area (Å²) in [6, 6.07) is 6.04. The summed E-state index contributed by atoms with van der Waals surface area (Å²) in [4.78, 5) is 11.8. The molecule has 3 N–H and O–H groups in total. The van der Waals surface area contributed by atoms with E-state index in [1.807, 2.05) is 12.1 Å². The van der Waals surface area contributed by atoms with Crippen LogP contribution in [0.1, 0.15) is 38.2 Å². The first-order valence-corrected chi connectivity index (χ1v) is 7.47. The normalized spacial score (nSPS) is 18.2. The molecule has 1 aliphatic carbocycles. The molecule has 1 aromatic rings. The second-order valence-corrected chi connectivity index (χ2v) is 5.90. The van der Waals surface area contributed by atoms with Gasteiger partial charge in [-0.3, -0.25) is 0 Å². The van der Waals surface area contributed by atoms with Gasteiger partial charge in [0.05, 0.1) is 12.6 Å². The minimum Gasteiger partial charge on any atom is -0.394 e. The summed E-state index contributed by atoms with van der Waals surface area (Å²) in [5.74, 6) is -0.241. The van der Waals surface area contributed by atoms with Gasteiger partial charge in [-0.1, -0.05) is 25.0 Å². The van der Waals surface area contributed by atoms with E-state index in [1.54, 1.807) is 6.92 Å². The zero-order valence-corrected chi connectivity index (χ0v) is 12.4. The second kappa shape index (κ2) is 6.89. The van der Waals surface area contributed by atoms with E-state index in [1.165, 1.54) is 12.1 Å². The van der Waals surface area contributed by atoms with E-state index >= 15 is 0 Å². The number of carbonyl (C=O) groups is 1. The van der Waals surface area contributed by atoms with E-state index in [9.17, 15) is 9.18 Å². The lowest BCUT2D eigenvalue weighted by atomic mass is 9.79. The Kier molecular flexibility index (Phi) is 5.17. The number of amides is 2. The molecule has 2 amide bonds. The molecule has 2 rings (SSSR count). The standard InChI is InChI=1S/C16H23FN2O2/c1-12(10-20)19-15(21)18-11-16(8-2-3-9-16)13-4-6-14(17)7-5-13/h4-7,12,20H,2-3,8-11H2,1H3,(H2,18,19,21)/t12-/m1/s1. The monoisotopic (exact) mass is 294 g/mol. The fourth-order valence-electron chi connectivity index (χ4n) is 2.99. The minimum absolute atomic E-state index is 0.0868. The molecule has 1 saturated carbocycles. The zero-order chi connectivity index (χ0) is 15.3. The molecule has 0 heterocycles. The third kappa shape index (κ3) is 3.94. The van der Waals surface area contributed by atoms with Gasteiger partial charge in [0.2, 0.25) is 0 Å². The maximum absolute atomic E-state index is 13.1. The van der Waals surface area contributed by atoms with Crippen molar-refractivity contribution in [1.29, 1.82) is 0 Å². The Morgan fingerprint density at radius 1 is 1.33 bits per heavy atom. The first-order chi connectivity index (χ1) is 10.1. The van der Waals surface area contributed by atoms with Gasteiger partial charge in [0.15, 0.2) is 0 Å². The third-order valence-electron chi connectivity index (χ3n) is 4.26. The van der Waals surface area contributed by atoms with Crippen LogP contribution in [0.5, 0.6) is 0 Å². The van der Waals surface area contributed by atoms with E-state index in [4.69, 9.17) is 5.11 Å². The number of aliphatic hydroxyl groups is 1. The first kappa shape index (κ1) is 15.8. The number of urea groups is 1. The maximum atomic E-state index is 13.1. The number of benzene rings is 1. The predicted octanol–water partition coefficient (Wildman–Crippen LogP) is 2.32. The molecule has 1 fully saturated rings. The van der Waals surface area contributed by atoms with Crippen LogP contribution in [-0.2, 0) is 5.41 Å². The Balaban J connectivity index is 2.02. The highest BCUT2D eigenvalue weighted by Gasteiger charge is 2.35. The number of halogens is 1. The average molecular weight is 294 g/mol. The second-order valence-electron chi connectivity index (χ2n) is 5.90. The van der Waals surface area contributed by atoms with Crippen LogP contribution in [0.15, 0.2) is 24.3 Å². The van der Waals surface area contributed by atoms with Crippen LogP contribution < -0.4 is 10.6 Å². The van der Waals surface area contributed by atoms with Crippen LogP contribution >= 0.6 is 0 Å². The number of rotatable bonds is 5. The molecule has 4 nitrogen and oxygen atoms in total. The molecule has 1 aliphatic rings. The molecule has 1 aromatic carbocycles. The molecule has 21 heavy (non-hydrogen) atoms. The molecule has 0 unspecified atom stereocenters. The van der Waals surface area contributed by atoms with Crippen molar-refractivity contribution in [3.8, 4) is 0 Å². The van der Waals surface area contributed by atoms with Crippen molar-refractivity contribution in [1.82, 2.24) is 10.6 Å². The summed E-state index contributed by atoms with van der Waals surface area (Å²) in [7, 11) is 0. The Morgan fingerprint density at radius 3 is 2.52 bits per heavy atom. The lowest BCUT2D eigenvalue weighted by molar-refractivity contribution is 0.218. The van der Waals surface area contributed by atoms with Gasteiger partial charge >= 0.3 is 6.03 Å². The minimum atomic E-state index is -0.273. The number of hydrogen-bond acceptors (Lipinski definition) is 2. The average Bonchev–Trinajstić information content (AvgIpc) is 2.96. The molecule has 0 spiro atoms. The van der Waals surface area contributed by atoms with Crippen LogP contribution in [-0.4, -0.2) is 30.3 Å². The van der Waals surface area contributed by atoms with Gasteiger partial charge in [-0.05, 0) is 37.5 Å². The summed E-state index contributed by atoms with van der Waals surface area (Å²) < 4.78 is 13.1. The van der Waals surface area contributed by atoms with Crippen molar-refractivity contribution >= 4 is 6.03 Å². The van der Waals surface area contributed by atoms with E-state index in [0.717, 1.165) is 31.2 Å². The summed E-state index contributed by atoms with van der Waals surface area (Å²) >= 11 is 0. The largest absolute Gasteiger partial charge is 0.394 e. The molecular weight excluding hydrogens is 271 g/mol. The number of carbonyl (C=O) groups excluding carboxylic acids is 1. The number of aliphatic hydroxyl groups excluding tert-OH is 1. The molecule has 116 valence electrons. The van der Waals surface area contributed by atoms with Gasteiger partial charge in [-0.15, -0.1) is 0 Å². The molecule has 0 saturated heterocycles. The highest BCUT2D eigenvalue weighted by Crippen LogP contribution is 2.40. The molecule has 0 aliphatic heterocycles. The molecule has 0 bridgehead atoms. The van der Waals surface area contributed by atoms with Gasteiger partial charge in [-0.25, -0.2) is 9.18 Å². The fraction of sp³-hybridized carbons (Fsp3) is 0.562. The summed E-state index contributed by atoms with van der Waals surface area (Å²) in [6.45, 7) is 2.18. The van der Waals surface area contributed by atoms with Crippen LogP contribution in [0.25, 0.3) is 0 Å². The smallest absolute Gasteiger partial charge is 0.315 e. The van der Waals surface area contributed by atoms with Crippen molar-refractivity contribution in [2.24, 2.45) is 0 Å². The Morgan fingerprint density at radius 2 is 1.95 bits per heavy atom. The van der Waals surface area contributed by atoms with Crippen molar-refractivity contribution in [2.45, 2.75) is 44.1 Å². The van der Waals surface area contributed by atoms with Crippen molar-refractivity contribution in [3.63, 3.8) is 0 Å². The molecule has 0 aromatic heterocycles. The van der Waals surface area contributed by atoms with Gasteiger partial charge in [0.1, 0.15) is 5.82 Å². The van der Waals surface area contributed by atoms with Crippen LogP contribution in [0.3, 0.4) is 0 Å². The lowest BCUT2D eigenvalue weighted by Crippen LogP contribution is -2.47. The molecule has 5 heteroatoms. The highest BCUT2D eigenvalue weighted by molar-refractivity contribution is 5.74. The highest BCUT2D eigenvalue weighted by atomic mass is 19.1. The van der Waals surface area contributed by atoms with Crippen LogP contribution in [0.2, 0.25) is 0 Å². The van der Waals surface area contributed by atoms with Gasteiger partial charge in [-0.2, -0.15) is 0 Å². The van der Waals surface area contributed by atoms with E-state index in [2.05, 4.69) is 10.6 Å². The van der Waals surface area contributed by atoms with Gasteiger partial charge < -0.3 is 15.7 Å². The van der Waals surface area contributed by atoms with Crippen molar-refractivity contribution < 1.29 is 14.3 Å². The SMILES string of the molecule is C[C@H](CO)NC(=O)NCC1(c2ccc(F)cc2)CCCC1. The topological polar surface area (TPSA) is 61.4 Å². The van der Waals surface area contributed by atoms with E-state index in [0.29, 0.717) is 6.54 Å². The van der Waals surface area contributed by atoms with E-state index in [-0.39, 0.29) is 29.9 Å². The number of hydrogen-bond donors (Lipinski definition) is 3. The lowest BCUT2D eigenvalue weighted by Gasteiger charge is -2.30. The van der Waals surface area contributed by atoms with Gasteiger partial charge in [0, 0.05) is 12.0 Å². The molecular formula is C16H23FN2O2. The Labute approximate surface area is 124 Å². The van der Waals surface area contributed by atoms with Gasteiger partial charge in [0.25, 0.3) is 0 Å². The summed E-state index contributed by atoms with van der Waals surface area (Å²) in [6.07, 6.45) is 4.23.